The monoisotopic (exact) mass is 388 g/mol. The predicted molar refractivity (Wildman–Crippen MR) is 106 cm³/mol. The van der Waals surface area contributed by atoms with Crippen LogP contribution in [0.25, 0.3) is 0 Å². The zero-order chi connectivity index (χ0) is 20.2. The van der Waals surface area contributed by atoms with E-state index in [2.05, 4.69) is 13.8 Å². The van der Waals surface area contributed by atoms with Crippen LogP contribution in [-0.4, -0.2) is 51.6 Å². The highest BCUT2D eigenvalue weighted by atomic mass is 16.6. The van der Waals surface area contributed by atoms with Crippen molar-refractivity contribution in [2.24, 2.45) is 5.92 Å². The van der Waals surface area contributed by atoms with Crippen molar-refractivity contribution in [2.75, 3.05) is 39.6 Å². The molecular formula is C21H40O6. The third-order valence-electron chi connectivity index (χ3n) is 4.30. The van der Waals surface area contributed by atoms with Crippen molar-refractivity contribution in [1.82, 2.24) is 0 Å². The molecule has 0 bridgehead atoms. The molecule has 0 aliphatic heterocycles. The van der Waals surface area contributed by atoms with Gasteiger partial charge in [-0.15, -0.1) is 0 Å². The van der Waals surface area contributed by atoms with E-state index >= 15 is 0 Å². The minimum atomic E-state index is -0.155. The molecule has 0 saturated carbocycles. The highest BCUT2D eigenvalue weighted by Gasteiger charge is 2.16. The first-order valence-corrected chi connectivity index (χ1v) is 10.6. The van der Waals surface area contributed by atoms with E-state index in [1.54, 1.807) is 0 Å². The molecule has 0 saturated heterocycles. The third-order valence-corrected chi connectivity index (χ3v) is 4.30. The smallest absolute Gasteiger partial charge is 0.308 e. The van der Waals surface area contributed by atoms with Gasteiger partial charge in [0.15, 0.2) is 0 Å². The first-order valence-electron chi connectivity index (χ1n) is 10.6. The Morgan fingerprint density at radius 2 is 1.30 bits per heavy atom. The topological polar surface area (TPSA) is 71.1 Å². The maximum absolute atomic E-state index is 11.9. The minimum Gasteiger partial charge on any atom is -0.463 e. The second kappa shape index (κ2) is 19.6. The van der Waals surface area contributed by atoms with Crippen molar-refractivity contribution in [2.45, 2.75) is 78.6 Å². The summed E-state index contributed by atoms with van der Waals surface area (Å²) < 4.78 is 21.1. The van der Waals surface area contributed by atoms with Gasteiger partial charge in [0.05, 0.1) is 32.3 Å². The molecule has 0 aliphatic carbocycles. The van der Waals surface area contributed by atoms with Crippen molar-refractivity contribution in [3.63, 3.8) is 0 Å². The average molecular weight is 389 g/mol. The molecule has 0 spiro atoms. The molecule has 27 heavy (non-hydrogen) atoms. The van der Waals surface area contributed by atoms with Gasteiger partial charge in [-0.25, -0.2) is 0 Å². The highest BCUT2D eigenvalue weighted by molar-refractivity contribution is 5.72. The van der Waals surface area contributed by atoms with Gasteiger partial charge in [-0.1, -0.05) is 52.9 Å². The van der Waals surface area contributed by atoms with Crippen LogP contribution >= 0.6 is 0 Å². The quantitative estimate of drug-likeness (QED) is 0.243. The summed E-state index contributed by atoms with van der Waals surface area (Å²) in [4.78, 5) is 23.3. The van der Waals surface area contributed by atoms with E-state index in [0.717, 1.165) is 51.4 Å². The molecule has 0 aliphatic rings. The summed E-state index contributed by atoms with van der Waals surface area (Å²) in [6.07, 6.45) is 8.62. The first kappa shape index (κ1) is 25.9. The molecule has 160 valence electrons. The summed E-state index contributed by atoms with van der Waals surface area (Å²) in [5, 5.41) is 0. The summed E-state index contributed by atoms with van der Waals surface area (Å²) >= 11 is 0. The average Bonchev–Trinajstić information content (AvgIpc) is 2.67. The van der Waals surface area contributed by atoms with Crippen LogP contribution in [0.2, 0.25) is 0 Å². The summed E-state index contributed by atoms with van der Waals surface area (Å²) in [6, 6.07) is 0. The van der Waals surface area contributed by atoms with Gasteiger partial charge in [0.1, 0.15) is 13.2 Å². The Labute approximate surface area is 165 Å². The Morgan fingerprint density at radius 1 is 0.704 bits per heavy atom. The van der Waals surface area contributed by atoms with Crippen molar-refractivity contribution in [3.05, 3.63) is 0 Å². The fraction of sp³-hybridized carbons (Fsp3) is 0.905. The van der Waals surface area contributed by atoms with E-state index in [0.29, 0.717) is 32.8 Å². The van der Waals surface area contributed by atoms with Gasteiger partial charge in [0.25, 0.3) is 0 Å². The zero-order valence-corrected chi connectivity index (χ0v) is 17.6. The summed E-state index contributed by atoms with van der Waals surface area (Å²) in [5.74, 6) is -0.276. The van der Waals surface area contributed by atoms with E-state index in [4.69, 9.17) is 18.9 Å². The highest BCUT2D eigenvalue weighted by Crippen LogP contribution is 2.14. The molecule has 1 atom stereocenters. The second-order valence-corrected chi connectivity index (χ2v) is 6.67. The van der Waals surface area contributed by atoms with Crippen molar-refractivity contribution in [1.29, 1.82) is 0 Å². The van der Waals surface area contributed by atoms with Crippen molar-refractivity contribution < 1.29 is 28.5 Å². The van der Waals surface area contributed by atoms with E-state index in [9.17, 15) is 9.59 Å². The maximum atomic E-state index is 11.9. The summed E-state index contributed by atoms with van der Waals surface area (Å²) in [6.45, 7) is 8.41. The fourth-order valence-electron chi connectivity index (χ4n) is 2.56. The number of rotatable bonds is 19. The van der Waals surface area contributed by atoms with Crippen LogP contribution in [0.5, 0.6) is 0 Å². The fourth-order valence-corrected chi connectivity index (χ4v) is 2.56. The van der Waals surface area contributed by atoms with Gasteiger partial charge in [0, 0.05) is 6.42 Å². The lowest BCUT2D eigenvalue weighted by molar-refractivity contribution is -0.151. The summed E-state index contributed by atoms with van der Waals surface area (Å²) in [5.41, 5.74) is 0. The van der Waals surface area contributed by atoms with E-state index in [-0.39, 0.29) is 31.1 Å². The molecular weight excluding hydrogens is 348 g/mol. The lowest BCUT2D eigenvalue weighted by Crippen LogP contribution is -2.20. The molecule has 0 aromatic carbocycles. The van der Waals surface area contributed by atoms with E-state index in [1.165, 1.54) is 0 Å². The Kier molecular flexibility index (Phi) is 18.8. The van der Waals surface area contributed by atoms with Crippen LogP contribution in [0.4, 0.5) is 0 Å². The number of esters is 2. The molecule has 6 nitrogen and oxygen atoms in total. The predicted octanol–water partition coefficient (Wildman–Crippen LogP) is 4.29. The minimum absolute atomic E-state index is 0.00244. The Morgan fingerprint density at radius 3 is 1.89 bits per heavy atom. The third kappa shape index (κ3) is 16.7. The van der Waals surface area contributed by atoms with Crippen LogP contribution < -0.4 is 0 Å². The molecule has 6 heteroatoms. The van der Waals surface area contributed by atoms with E-state index in [1.807, 2.05) is 6.92 Å². The van der Waals surface area contributed by atoms with Crippen LogP contribution in [0.1, 0.15) is 78.6 Å². The molecule has 0 N–H and O–H groups in total. The standard InChI is InChI=1S/C21H40O6/c1-4-7-9-10-12-20(22)26-17-15-24-13-14-25-16-18-27-21(23)19(6-3)11-8-5-2/h19H,4-18H2,1-3H3. The molecule has 0 aromatic rings. The number of hydrogen-bond donors (Lipinski definition) is 0. The summed E-state index contributed by atoms with van der Waals surface area (Å²) in [7, 11) is 0. The molecule has 0 aromatic heterocycles. The van der Waals surface area contributed by atoms with Gasteiger partial charge in [-0.3, -0.25) is 9.59 Å². The number of unbranched alkanes of at least 4 members (excludes halogenated alkanes) is 4. The van der Waals surface area contributed by atoms with Crippen molar-refractivity contribution in [3.8, 4) is 0 Å². The number of carbonyl (C=O) groups excluding carboxylic acids is 2. The van der Waals surface area contributed by atoms with Gasteiger partial charge >= 0.3 is 11.9 Å². The second-order valence-electron chi connectivity index (χ2n) is 6.67. The number of ether oxygens (including phenoxy) is 4. The normalized spacial score (nSPS) is 12.0. The van der Waals surface area contributed by atoms with Crippen molar-refractivity contribution >= 4 is 11.9 Å². The van der Waals surface area contributed by atoms with Gasteiger partial charge in [-0.2, -0.15) is 0 Å². The Bertz CT molecular complexity index is 359. The lowest BCUT2D eigenvalue weighted by Gasteiger charge is -2.13. The van der Waals surface area contributed by atoms with Crippen LogP contribution in [0, 0.1) is 5.92 Å². The van der Waals surface area contributed by atoms with Gasteiger partial charge in [0.2, 0.25) is 0 Å². The Balaban J connectivity index is 3.39. The maximum Gasteiger partial charge on any atom is 0.308 e. The molecule has 0 heterocycles. The first-order chi connectivity index (χ1) is 13.2. The molecule has 1 unspecified atom stereocenters. The zero-order valence-electron chi connectivity index (χ0n) is 17.6. The molecule has 0 amide bonds. The molecule has 0 radical (unpaired) electrons. The molecule has 0 fully saturated rings. The lowest BCUT2D eigenvalue weighted by atomic mass is 10.00. The number of carbonyl (C=O) groups is 2. The largest absolute Gasteiger partial charge is 0.463 e. The SMILES string of the molecule is CCCCCCC(=O)OCCOCCOCCOC(=O)C(CC)CCCC. The molecule has 0 rings (SSSR count). The van der Waals surface area contributed by atoms with Crippen LogP contribution in [0.15, 0.2) is 0 Å². The van der Waals surface area contributed by atoms with E-state index < -0.39 is 0 Å². The number of hydrogen-bond acceptors (Lipinski definition) is 6. The van der Waals surface area contributed by atoms with Gasteiger partial charge < -0.3 is 18.9 Å². The van der Waals surface area contributed by atoms with Gasteiger partial charge in [-0.05, 0) is 19.3 Å². The van der Waals surface area contributed by atoms with Crippen LogP contribution in [-0.2, 0) is 28.5 Å². The van der Waals surface area contributed by atoms with Crippen LogP contribution in [0.3, 0.4) is 0 Å². The Hall–Kier alpha value is -1.14.